The van der Waals surface area contributed by atoms with Gasteiger partial charge in [-0.1, -0.05) is 6.92 Å². The van der Waals surface area contributed by atoms with Gasteiger partial charge in [-0.15, -0.1) is 0 Å². The Morgan fingerprint density at radius 1 is 1.50 bits per heavy atom. The molecule has 1 fully saturated rings. The van der Waals surface area contributed by atoms with Crippen molar-refractivity contribution in [3.05, 3.63) is 0 Å². The van der Waals surface area contributed by atoms with Gasteiger partial charge in [-0.05, 0) is 18.8 Å². The minimum absolute atomic E-state index is 0.449. The Morgan fingerprint density at radius 3 is 2.12 bits per heavy atom. The first kappa shape index (κ1) is 6.05. The van der Waals surface area contributed by atoms with E-state index in [9.17, 15) is 0 Å². The van der Waals surface area contributed by atoms with Crippen LogP contribution in [0.2, 0.25) is 0 Å². The normalized spacial score (nSPS) is 37.5. The topological polar surface area (TPSA) is 23.5 Å². The number of hydrogen-bond acceptors (Lipinski definition) is 2. The maximum Gasteiger partial charge on any atom is 0.0352 e. The van der Waals surface area contributed by atoms with Crippen molar-refractivity contribution >= 4 is 0 Å². The van der Waals surface area contributed by atoms with Crippen molar-refractivity contribution in [3.63, 3.8) is 0 Å². The first-order chi connectivity index (χ1) is 3.70. The van der Waals surface area contributed by atoms with Crippen molar-refractivity contribution < 1.29 is 5.21 Å². The van der Waals surface area contributed by atoms with E-state index in [0.717, 1.165) is 18.8 Å². The lowest BCUT2D eigenvalue weighted by molar-refractivity contribution is -0.135. The predicted molar refractivity (Wildman–Crippen MR) is 31.7 cm³/mol. The number of hydroxylamine groups is 2. The Labute approximate surface area is 50.1 Å². The van der Waals surface area contributed by atoms with E-state index >= 15 is 0 Å². The van der Waals surface area contributed by atoms with E-state index in [1.54, 1.807) is 7.05 Å². The molecule has 0 aromatic heterocycles. The molecule has 48 valence electrons. The predicted octanol–water partition coefficient (Wildman–Crippen LogP) is 1.11. The van der Waals surface area contributed by atoms with Gasteiger partial charge in [-0.2, -0.15) is 5.06 Å². The SMILES string of the molecule is CC1CC(N(C)O)C1. The van der Waals surface area contributed by atoms with Crippen molar-refractivity contribution in [2.45, 2.75) is 25.8 Å². The lowest BCUT2D eigenvalue weighted by Gasteiger charge is -2.35. The smallest absolute Gasteiger partial charge is 0.0352 e. The summed E-state index contributed by atoms with van der Waals surface area (Å²) in [6.45, 7) is 2.21. The molecular formula is C6H13NO. The van der Waals surface area contributed by atoms with E-state index in [2.05, 4.69) is 6.92 Å². The summed E-state index contributed by atoms with van der Waals surface area (Å²) in [5.74, 6) is 0.828. The molecule has 0 aromatic rings. The summed E-state index contributed by atoms with van der Waals surface area (Å²) >= 11 is 0. The van der Waals surface area contributed by atoms with Crippen molar-refractivity contribution in [3.8, 4) is 0 Å². The van der Waals surface area contributed by atoms with Gasteiger partial charge in [0.2, 0.25) is 0 Å². The maximum absolute atomic E-state index is 8.82. The maximum atomic E-state index is 8.82. The fourth-order valence-corrected chi connectivity index (χ4v) is 1.16. The molecule has 0 unspecified atom stereocenters. The van der Waals surface area contributed by atoms with E-state index in [1.807, 2.05) is 0 Å². The summed E-state index contributed by atoms with van der Waals surface area (Å²) in [7, 11) is 1.72. The average molecular weight is 115 g/mol. The third kappa shape index (κ3) is 1.01. The second-order valence-electron chi connectivity index (χ2n) is 2.80. The fourth-order valence-electron chi connectivity index (χ4n) is 1.16. The van der Waals surface area contributed by atoms with Gasteiger partial charge in [0.05, 0.1) is 0 Å². The van der Waals surface area contributed by atoms with Crippen LogP contribution in [0.1, 0.15) is 19.8 Å². The van der Waals surface area contributed by atoms with Crippen molar-refractivity contribution in [2.24, 2.45) is 5.92 Å². The molecule has 0 atom stereocenters. The molecule has 0 bridgehead atoms. The molecule has 1 rings (SSSR count). The van der Waals surface area contributed by atoms with Gasteiger partial charge in [-0.3, -0.25) is 0 Å². The van der Waals surface area contributed by atoms with Crippen LogP contribution in [-0.4, -0.2) is 23.4 Å². The molecule has 0 amide bonds. The zero-order valence-corrected chi connectivity index (χ0v) is 5.46. The molecule has 1 aliphatic rings. The quantitative estimate of drug-likeness (QED) is 0.517. The number of rotatable bonds is 1. The van der Waals surface area contributed by atoms with Crippen molar-refractivity contribution in [1.82, 2.24) is 5.06 Å². The van der Waals surface area contributed by atoms with E-state index < -0.39 is 0 Å². The second-order valence-corrected chi connectivity index (χ2v) is 2.80. The molecule has 1 N–H and O–H groups in total. The van der Waals surface area contributed by atoms with Gasteiger partial charge in [0.25, 0.3) is 0 Å². The molecule has 0 radical (unpaired) electrons. The van der Waals surface area contributed by atoms with Gasteiger partial charge in [0, 0.05) is 13.1 Å². The molecule has 0 spiro atoms. The molecule has 8 heavy (non-hydrogen) atoms. The highest BCUT2D eigenvalue weighted by molar-refractivity contribution is 4.79. The van der Waals surface area contributed by atoms with Crippen LogP contribution in [0.15, 0.2) is 0 Å². The molecule has 0 aromatic carbocycles. The number of hydrogen-bond donors (Lipinski definition) is 1. The lowest BCUT2D eigenvalue weighted by atomic mass is 9.82. The van der Waals surface area contributed by atoms with Crippen LogP contribution in [0.4, 0.5) is 0 Å². The largest absolute Gasteiger partial charge is 0.314 e. The highest BCUT2D eigenvalue weighted by Gasteiger charge is 2.27. The van der Waals surface area contributed by atoms with E-state index in [4.69, 9.17) is 5.21 Å². The lowest BCUT2D eigenvalue weighted by Crippen LogP contribution is -2.39. The molecule has 2 nitrogen and oxygen atoms in total. The minimum Gasteiger partial charge on any atom is -0.314 e. The second kappa shape index (κ2) is 2.03. The first-order valence-corrected chi connectivity index (χ1v) is 3.12. The first-order valence-electron chi connectivity index (χ1n) is 3.12. The highest BCUT2D eigenvalue weighted by Crippen LogP contribution is 2.28. The van der Waals surface area contributed by atoms with Crippen LogP contribution in [0.3, 0.4) is 0 Å². The molecule has 2 heteroatoms. The fraction of sp³-hybridized carbons (Fsp3) is 1.00. The van der Waals surface area contributed by atoms with E-state index in [-0.39, 0.29) is 0 Å². The minimum atomic E-state index is 0.449. The van der Waals surface area contributed by atoms with E-state index in [0.29, 0.717) is 6.04 Å². The Balaban J connectivity index is 2.15. The Morgan fingerprint density at radius 2 is 2.00 bits per heavy atom. The summed E-state index contributed by atoms with van der Waals surface area (Å²) in [6, 6.07) is 0.449. The average Bonchev–Trinajstić information content (AvgIpc) is 1.57. The zero-order chi connectivity index (χ0) is 6.15. The zero-order valence-electron chi connectivity index (χ0n) is 5.46. The molecule has 0 aliphatic heterocycles. The van der Waals surface area contributed by atoms with Gasteiger partial charge in [0.1, 0.15) is 0 Å². The molecule has 1 saturated carbocycles. The molecule has 1 aliphatic carbocycles. The summed E-state index contributed by atoms with van der Waals surface area (Å²) in [5, 5.41) is 10.1. The standard InChI is InChI=1S/C6H13NO/c1-5-3-6(4-5)7(2)8/h5-6,8H,3-4H2,1-2H3. The van der Waals surface area contributed by atoms with Gasteiger partial charge in [-0.25, -0.2) is 0 Å². The van der Waals surface area contributed by atoms with E-state index in [1.165, 1.54) is 5.06 Å². The van der Waals surface area contributed by atoms with Crippen LogP contribution in [0, 0.1) is 5.92 Å². The third-order valence-electron chi connectivity index (χ3n) is 1.88. The molecule has 0 saturated heterocycles. The van der Waals surface area contributed by atoms with Crippen LogP contribution in [0.5, 0.6) is 0 Å². The van der Waals surface area contributed by atoms with Crippen molar-refractivity contribution in [1.29, 1.82) is 0 Å². The summed E-state index contributed by atoms with van der Waals surface area (Å²) in [6.07, 6.45) is 2.32. The monoisotopic (exact) mass is 115 g/mol. The number of nitrogens with zero attached hydrogens (tertiary/aromatic N) is 1. The van der Waals surface area contributed by atoms with Crippen LogP contribution in [-0.2, 0) is 0 Å². The third-order valence-corrected chi connectivity index (χ3v) is 1.88. The summed E-state index contributed by atoms with van der Waals surface area (Å²) in [5.41, 5.74) is 0. The molecule has 0 heterocycles. The van der Waals surface area contributed by atoms with Gasteiger partial charge < -0.3 is 5.21 Å². The van der Waals surface area contributed by atoms with Gasteiger partial charge >= 0.3 is 0 Å². The Hall–Kier alpha value is -0.0800. The summed E-state index contributed by atoms with van der Waals surface area (Å²) < 4.78 is 0. The van der Waals surface area contributed by atoms with Crippen LogP contribution < -0.4 is 0 Å². The Kier molecular flexibility index (Phi) is 1.54. The summed E-state index contributed by atoms with van der Waals surface area (Å²) in [4.78, 5) is 0. The van der Waals surface area contributed by atoms with Crippen molar-refractivity contribution in [2.75, 3.05) is 7.05 Å². The van der Waals surface area contributed by atoms with Gasteiger partial charge in [0.15, 0.2) is 0 Å². The Bertz CT molecular complexity index is 76.6. The molecular weight excluding hydrogens is 102 g/mol. The highest BCUT2D eigenvalue weighted by atomic mass is 16.5. The van der Waals surface area contributed by atoms with Crippen LogP contribution >= 0.6 is 0 Å². The van der Waals surface area contributed by atoms with Crippen LogP contribution in [0.25, 0.3) is 0 Å².